The second-order valence-corrected chi connectivity index (χ2v) is 7.89. The third kappa shape index (κ3) is 5.00. The summed E-state index contributed by atoms with van der Waals surface area (Å²) in [5.41, 5.74) is 2.50. The van der Waals surface area contributed by atoms with Crippen LogP contribution in [0.5, 0.6) is 0 Å². The highest BCUT2D eigenvalue weighted by molar-refractivity contribution is 7.89. The minimum atomic E-state index is -3.09. The highest BCUT2D eigenvalue weighted by Crippen LogP contribution is 2.24. The van der Waals surface area contributed by atoms with Crippen molar-refractivity contribution in [2.75, 3.05) is 30.3 Å². The van der Waals surface area contributed by atoms with Crippen molar-refractivity contribution in [3.8, 4) is 0 Å². The van der Waals surface area contributed by atoms with Crippen LogP contribution in [0.15, 0.2) is 24.3 Å². The van der Waals surface area contributed by atoms with Crippen molar-refractivity contribution >= 4 is 15.7 Å². The highest BCUT2D eigenvalue weighted by atomic mass is 32.2. The van der Waals surface area contributed by atoms with Crippen LogP contribution >= 0.6 is 0 Å². The number of hydrogen-bond donors (Lipinski definition) is 1. The highest BCUT2D eigenvalue weighted by Gasteiger charge is 2.24. The molecule has 1 aromatic rings. The van der Waals surface area contributed by atoms with Crippen LogP contribution in [0.4, 0.5) is 5.69 Å². The van der Waals surface area contributed by atoms with Gasteiger partial charge in [-0.1, -0.05) is 25.5 Å². The Morgan fingerprint density at radius 1 is 1.38 bits per heavy atom. The molecule has 1 aromatic carbocycles. The average Bonchev–Trinajstić information content (AvgIpc) is 2.92. The van der Waals surface area contributed by atoms with E-state index in [1.807, 2.05) is 6.92 Å². The van der Waals surface area contributed by atoms with Gasteiger partial charge in [0.15, 0.2) is 0 Å². The standard InChI is InChI=1S/C16H26N2O2S/c1-3-4-10-21(19,20)17-12-15-8-9-18(13-15)16-7-5-6-14(2)11-16/h5-7,11,15,17H,3-4,8-10,12-13H2,1-2H3. The Labute approximate surface area is 128 Å². The maximum absolute atomic E-state index is 11.8. The van der Waals surface area contributed by atoms with Crippen molar-refractivity contribution in [2.45, 2.75) is 33.1 Å². The second-order valence-electron chi connectivity index (χ2n) is 5.96. The summed E-state index contributed by atoms with van der Waals surface area (Å²) in [6, 6.07) is 8.49. The molecule has 2 rings (SSSR count). The van der Waals surface area contributed by atoms with Gasteiger partial charge in [0.1, 0.15) is 0 Å². The molecule has 5 heteroatoms. The van der Waals surface area contributed by atoms with E-state index in [2.05, 4.69) is 40.8 Å². The minimum absolute atomic E-state index is 0.248. The maximum atomic E-state index is 11.8. The SMILES string of the molecule is CCCCS(=O)(=O)NCC1CCN(c2cccc(C)c2)C1. The van der Waals surface area contributed by atoms with Gasteiger partial charge in [-0.05, 0) is 43.4 Å². The molecule has 4 nitrogen and oxygen atoms in total. The Bertz CT molecular complexity index is 557. The van der Waals surface area contributed by atoms with E-state index in [1.54, 1.807) is 0 Å². The Morgan fingerprint density at radius 3 is 2.90 bits per heavy atom. The molecule has 1 atom stereocenters. The van der Waals surface area contributed by atoms with Crippen molar-refractivity contribution in [1.82, 2.24) is 4.72 Å². The number of nitrogens with zero attached hydrogens (tertiary/aromatic N) is 1. The molecule has 0 amide bonds. The summed E-state index contributed by atoms with van der Waals surface area (Å²) in [6.45, 7) is 6.60. The fourth-order valence-electron chi connectivity index (χ4n) is 2.71. The van der Waals surface area contributed by atoms with Gasteiger partial charge in [-0.25, -0.2) is 13.1 Å². The third-order valence-electron chi connectivity index (χ3n) is 4.01. The van der Waals surface area contributed by atoms with Crippen LogP contribution in [0.1, 0.15) is 31.7 Å². The Hall–Kier alpha value is -1.07. The van der Waals surface area contributed by atoms with E-state index in [0.717, 1.165) is 32.4 Å². The molecule has 1 aliphatic heterocycles. The van der Waals surface area contributed by atoms with Crippen molar-refractivity contribution in [2.24, 2.45) is 5.92 Å². The number of nitrogens with one attached hydrogen (secondary N) is 1. The van der Waals surface area contributed by atoms with Crippen LogP contribution in [0, 0.1) is 12.8 Å². The first kappa shape index (κ1) is 16.3. The summed E-state index contributed by atoms with van der Waals surface area (Å²) in [6.07, 6.45) is 2.69. The number of hydrogen-bond acceptors (Lipinski definition) is 3. The molecule has 0 aliphatic carbocycles. The monoisotopic (exact) mass is 310 g/mol. The van der Waals surface area contributed by atoms with E-state index in [-0.39, 0.29) is 5.75 Å². The first-order chi connectivity index (χ1) is 10.00. The second kappa shape index (κ2) is 7.27. The summed E-state index contributed by atoms with van der Waals surface area (Å²) < 4.78 is 26.4. The van der Waals surface area contributed by atoms with Gasteiger partial charge in [-0.2, -0.15) is 0 Å². The summed E-state index contributed by atoms with van der Waals surface area (Å²) >= 11 is 0. The average molecular weight is 310 g/mol. The summed E-state index contributed by atoms with van der Waals surface area (Å²) in [5, 5.41) is 0. The van der Waals surface area contributed by atoms with Crippen LogP contribution in [0.3, 0.4) is 0 Å². The minimum Gasteiger partial charge on any atom is -0.371 e. The van der Waals surface area contributed by atoms with Crippen LogP contribution in [0.25, 0.3) is 0 Å². The first-order valence-electron chi connectivity index (χ1n) is 7.79. The fraction of sp³-hybridized carbons (Fsp3) is 0.625. The molecule has 0 aromatic heterocycles. The number of aryl methyl sites for hydroxylation is 1. The lowest BCUT2D eigenvalue weighted by Crippen LogP contribution is -2.32. The number of sulfonamides is 1. The van der Waals surface area contributed by atoms with Crippen molar-refractivity contribution in [1.29, 1.82) is 0 Å². The van der Waals surface area contributed by atoms with E-state index in [0.29, 0.717) is 12.5 Å². The summed E-state index contributed by atoms with van der Waals surface area (Å²) in [7, 11) is -3.09. The quantitative estimate of drug-likeness (QED) is 0.842. The third-order valence-corrected chi connectivity index (χ3v) is 5.44. The molecule has 1 fully saturated rings. The molecule has 1 heterocycles. The molecule has 1 N–H and O–H groups in total. The molecule has 0 spiro atoms. The Kier molecular flexibility index (Phi) is 5.65. The zero-order valence-electron chi connectivity index (χ0n) is 13.0. The Balaban J connectivity index is 1.83. The van der Waals surface area contributed by atoms with Gasteiger partial charge >= 0.3 is 0 Å². The number of benzene rings is 1. The molecule has 1 unspecified atom stereocenters. The largest absolute Gasteiger partial charge is 0.371 e. The maximum Gasteiger partial charge on any atom is 0.211 e. The van der Waals surface area contributed by atoms with Crippen LogP contribution in [0.2, 0.25) is 0 Å². The van der Waals surface area contributed by atoms with E-state index in [9.17, 15) is 8.42 Å². The van der Waals surface area contributed by atoms with Gasteiger partial charge in [-0.15, -0.1) is 0 Å². The van der Waals surface area contributed by atoms with Crippen LogP contribution < -0.4 is 9.62 Å². The van der Waals surface area contributed by atoms with Gasteiger partial charge in [0.2, 0.25) is 10.0 Å². The molecule has 118 valence electrons. The smallest absolute Gasteiger partial charge is 0.211 e. The number of unbranched alkanes of at least 4 members (excludes halogenated alkanes) is 1. The van der Waals surface area contributed by atoms with E-state index in [1.165, 1.54) is 11.3 Å². The van der Waals surface area contributed by atoms with Crippen LogP contribution in [-0.2, 0) is 10.0 Å². The lowest BCUT2D eigenvalue weighted by atomic mass is 10.1. The van der Waals surface area contributed by atoms with Gasteiger partial charge in [0, 0.05) is 25.3 Å². The van der Waals surface area contributed by atoms with Gasteiger partial charge in [-0.3, -0.25) is 0 Å². The number of rotatable bonds is 7. The summed E-state index contributed by atoms with van der Waals surface area (Å²) in [4.78, 5) is 2.35. The van der Waals surface area contributed by atoms with Gasteiger partial charge in [0.25, 0.3) is 0 Å². The number of anilines is 1. The molecular weight excluding hydrogens is 284 g/mol. The Morgan fingerprint density at radius 2 is 2.19 bits per heavy atom. The summed E-state index contributed by atoms with van der Waals surface area (Å²) in [5.74, 6) is 0.652. The van der Waals surface area contributed by atoms with E-state index >= 15 is 0 Å². The predicted molar refractivity (Wildman–Crippen MR) is 88.2 cm³/mol. The molecule has 1 aliphatic rings. The predicted octanol–water partition coefficient (Wildman–Crippen LogP) is 2.54. The molecule has 1 saturated heterocycles. The van der Waals surface area contributed by atoms with Crippen molar-refractivity contribution < 1.29 is 8.42 Å². The molecule has 0 bridgehead atoms. The van der Waals surface area contributed by atoms with E-state index in [4.69, 9.17) is 0 Å². The molecule has 0 radical (unpaired) electrons. The van der Waals surface area contributed by atoms with Crippen LogP contribution in [-0.4, -0.2) is 33.8 Å². The first-order valence-corrected chi connectivity index (χ1v) is 9.44. The molecule has 21 heavy (non-hydrogen) atoms. The lowest BCUT2D eigenvalue weighted by Gasteiger charge is -2.19. The lowest BCUT2D eigenvalue weighted by molar-refractivity contribution is 0.540. The molecule has 0 saturated carbocycles. The topological polar surface area (TPSA) is 49.4 Å². The zero-order valence-corrected chi connectivity index (χ0v) is 13.8. The normalized spacial score (nSPS) is 19.1. The fourth-order valence-corrected chi connectivity index (χ4v) is 4.01. The van der Waals surface area contributed by atoms with Crippen molar-refractivity contribution in [3.05, 3.63) is 29.8 Å². The van der Waals surface area contributed by atoms with Gasteiger partial charge in [0.05, 0.1) is 5.75 Å². The zero-order chi connectivity index (χ0) is 15.3. The van der Waals surface area contributed by atoms with Gasteiger partial charge < -0.3 is 4.90 Å². The van der Waals surface area contributed by atoms with Crippen molar-refractivity contribution in [3.63, 3.8) is 0 Å². The molecular formula is C16H26N2O2S. The van der Waals surface area contributed by atoms with E-state index < -0.39 is 10.0 Å².